The summed E-state index contributed by atoms with van der Waals surface area (Å²) in [6.07, 6.45) is 10.9. The predicted octanol–water partition coefficient (Wildman–Crippen LogP) is 10.0. The van der Waals surface area contributed by atoms with Gasteiger partial charge < -0.3 is 5.11 Å². The van der Waals surface area contributed by atoms with Gasteiger partial charge in [-0.25, -0.2) is 0 Å². The molecule has 0 spiro atoms. The fourth-order valence-corrected chi connectivity index (χ4v) is 6.15. The Morgan fingerprint density at radius 3 is 1.82 bits per heavy atom. The van der Waals surface area contributed by atoms with E-state index in [1.165, 1.54) is 38.9 Å². The van der Waals surface area contributed by atoms with Crippen molar-refractivity contribution in [3.8, 4) is 11.1 Å². The number of rotatable bonds is 12. The average Bonchev–Trinajstić information content (AvgIpc) is 2.92. The molecule has 0 fully saturated rings. The van der Waals surface area contributed by atoms with Crippen molar-refractivity contribution in [3.05, 3.63) is 112 Å². The molecule has 206 valence electrons. The summed E-state index contributed by atoms with van der Waals surface area (Å²) in [6.45, 7) is 19.8. The van der Waals surface area contributed by atoms with Crippen molar-refractivity contribution in [3.63, 3.8) is 0 Å². The van der Waals surface area contributed by atoms with Crippen LogP contribution in [0, 0.1) is 26.2 Å². The van der Waals surface area contributed by atoms with Gasteiger partial charge in [0.05, 0.1) is 6.42 Å². The molecule has 0 bridgehead atoms. The molecule has 0 aliphatic rings. The zero-order chi connectivity index (χ0) is 28.8. The lowest BCUT2D eigenvalue weighted by atomic mass is 9.69. The van der Waals surface area contributed by atoms with Crippen molar-refractivity contribution in [1.29, 1.82) is 0 Å². The number of carboxylic acid groups (broad SMARTS) is 1. The molecule has 0 heterocycles. The first-order valence-electron chi connectivity index (χ1n) is 14.4. The molecular weight excluding hydrogens is 476 g/mol. The second-order valence-corrected chi connectivity index (χ2v) is 11.1. The third-order valence-corrected chi connectivity index (χ3v) is 9.03. The number of carbonyl (C=O) groups is 1. The summed E-state index contributed by atoms with van der Waals surface area (Å²) in [6, 6.07) is 19.7. The van der Waals surface area contributed by atoms with Crippen LogP contribution in [-0.2, 0) is 16.6 Å². The van der Waals surface area contributed by atoms with E-state index in [-0.39, 0.29) is 17.3 Å². The maximum Gasteiger partial charge on any atom is 0.307 e. The first kappa shape index (κ1) is 30.2. The third kappa shape index (κ3) is 6.27. The highest BCUT2D eigenvalue weighted by molar-refractivity contribution is 5.74. The van der Waals surface area contributed by atoms with E-state index in [0.29, 0.717) is 0 Å². The smallest absolute Gasteiger partial charge is 0.307 e. The predicted molar refractivity (Wildman–Crippen MR) is 167 cm³/mol. The van der Waals surface area contributed by atoms with E-state index >= 15 is 0 Å². The molecule has 39 heavy (non-hydrogen) atoms. The van der Waals surface area contributed by atoms with Crippen molar-refractivity contribution >= 4 is 12.0 Å². The molecule has 0 amide bonds. The monoisotopic (exact) mass is 522 g/mol. The van der Waals surface area contributed by atoms with Gasteiger partial charge in [-0.1, -0.05) is 101 Å². The summed E-state index contributed by atoms with van der Waals surface area (Å²) < 4.78 is 0. The first-order chi connectivity index (χ1) is 18.6. The van der Waals surface area contributed by atoms with E-state index in [0.717, 1.165) is 36.8 Å². The Balaban J connectivity index is 2.03. The Morgan fingerprint density at radius 1 is 0.795 bits per heavy atom. The number of benzene rings is 3. The molecule has 2 nitrogen and oxygen atoms in total. The molecule has 3 aromatic carbocycles. The summed E-state index contributed by atoms with van der Waals surface area (Å²) in [5.41, 5.74) is 11.0. The zero-order valence-corrected chi connectivity index (χ0v) is 25.0. The molecule has 0 radical (unpaired) electrons. The minimum absolute atomic E-state index is 0.0486. The summed E-state index contributed by atoms with van der Waals surface area (Å²) in [5, 5.41) is 9.10. The maximum atomic E-state index is 11.1. The molecule has 0 atom stereocenters. The SMILES string of the molecule is C=CC(/C=C/c1ccc(C(CC)(CC)c2cc(C)c(-c3ccc(CC(=O)O)cc3)c(C)c2)cc1C)(CC)CC. The fraction of sp³-hybridized carbons (Fsp3) is 0.378. The van der Waals surface area contributed by atoms with Crippen molar-refractivity contribution in [2.45, 2.75) is 86.0 Å². The summed E-state index contributed by atoms with van der Waals surface area (Å²) in [7, 11) is 0. The number of aliphatic carboxylic acids is 1. The Hall–Kier alpha value is -3.39. The second-order valence-electron chi connectivity index (χ2n) is 11.1. The minimum Gasteiger partial charge on any atom is -0.481 e. The highest BCUT2D eigenvalue weighted by atomic mass is 16.4. The van der Waals surface area contributed by atoms with Crippen molar-refractivity contribution in [2.75, 3.05) is 0 Å². The van der Waals surface area contributed by atoms with E-state index in [9.17, 15) is 4.79 Å². The standard InChI is InChI=1S/C37H46O2/c1-9-36(10-2,11-3)21-20-30-18-19-32(22-26(30)6)37(12-4,13-5)33-23-27(7)35(28(8)24-33)31-16-14-29(15-17-31)25-34(38)39/h9,14-24H,1,10-13,25H2,2-8H3,(H,38,39)/b21-20+. The summed E-state index contributed by atoms with van der Waals surface area (Å²) in [5.74, 6) is -0.805. The van der Waals surface area contributed by atoms with Crippen LogP contribution >= 0.6 is 0 Å². The van der Waals surface area contributed by atoms with Crippen LogP contribution in [0.2, 0.25) is 0 Å². The van der Waals surface area contributed by atoms with Crippen LogP contribution in [0.25, 0.3) is 17.2 Å². The van der Waals surface area contributed by atoms with Gasteiger partial charge in [-0.2, -0.15) is 0 Å². The lowest BCUT2D eigenvalue weighted by molar-refractivity contribution is -0.136. The Bertz CT molecular complexity index is 1310. The van der Waals surface area contributed by atoms with Crippen molar-refractivity contribution < 1.29 is 9.90 Å². The lowest BCUT2D eigenvalue weighted by Gasteiger charge is -2.35. The molecule has 3 aromatic rings. The van der Waals surface area contributed by atoms with E-state index < -0.39 is 5.97 Å². The molecule has 0 aliphatic heterocycles. The van der Waals surface area contributed by atoms with Crippen LogP contribution < -0.4 is 0 Å². The third-order valence-electron chi connectivity index (χ3n) is 9.03. The van der Waals surface area contributed by atoms with Gasteiger partial charge in [0.15, 0.2) is 0 Å². The zero-order valence-electron chi connectivity index (χ0n) is 25.0. The van der Waals surface area contributed by atoms with Crippen molar-refractivity contribution in [1.82, 2.24) is 0 Å². The molecule has 0 aliphatic carbocycles. The van der Waals surface area contributed by atoms with Crippen LogP contribution in [0.5, 0.6) is 0 Å². The van der Waals surface area contributed by atoms with Gasteiger partial charge in [-0.15, -0.1) is 6.58 Å². The van der Waals surface area contributed by atoms with Gasteiger partial charge in [0.2, 0.25) is 0 Å². The summed E-state index contributed by atoms with van der Waals surface area (Å²) >= 11 is 0. The van der Waals surface area contributed by atoms with Gasteiger partial charge in [0, 0.05) is 10.8 Å². The van der Waals surface area contributed by atoms with Gasteiger partial charge in [0.1, 0.15) is 0 Å². The quantitative estimate of drug-likeness (QED) is 0.240. The van der Waals surface area contributed by atoms with Crippen LogP contribution in [0.15, 0.2) is 73.3 Å². The largest absolute Gasteiger partial charge is 0.481 e. The number of hydrogen-bond donors (Lipinski definition) is 1. The Kier molecular flexibility index (Phi) is 9.78. The van der Waals surface area contributed by atoms with E-state index in [2.05, 4.69) is 104 Å². The van der Waals surface area contributed by atoms with Crippen LogP contribution in [0.4, 0.5) is 0 Å². The van der Waals surface area contributed by atoms with Crippen LogP contribution in [0.1, 0.15) is 92.3 Å². The fourth-order valence-electron chi connectivity index (χ4n) is 6.15. The number of allylic oxidation sites excluding steroid dienone is 2. The molecule has 0 unspecified atom stereocenters. The molecule has 0 aromatic heterocycles. The van der Waals surface area contributed by atoms with Gasteiger partial charge in [0.25, 0.3) is 0 Å². The topological polar surface area (TPSA) is 37.3 Å². The van der Waals surface area contributed by atoms with E-state index in [4.69, 9.17) is 5.11 Å². The summed E-state index contributed by atoms with van der Waals surface area (Å²) in [4.78, 5) is 11.1. The molecule has 0 saturated heterocycles. The van der Waals surface area contributed by atoms with Crippen LogP contribution in [-0.4, -0.2) is 11.1 Å². The normalized spacial score (nSPS) is 12.2. The molecular formula is C37H46O2. The number of carboxylic acids is 1. The number of hydrogen-bond acceptors (Lipinski definition) is 1. The lowest BCUT2D eigenvalue weighted by Crippen LogP contribution is -2.26. The molecule has 0 saturated carbocycles. The molecule has 1 N–H and O–H groups in total. The Morgan fingerprint density at radius 2 is 1.36 bits per heavy atom. The molecule has 2 heteroatoms. The van der Waals surface area contributed by atoms with Gasteiger partial charge in [-0.05, 0) is 96.5 Å². The average molecular weight is 523 g/mol. The Labute approximate surface area is 236 Å². The highest BCUT2D eigenvalue weighted by Gasteiger charge is 2.32. The maximum absolute atomic E-state index is 11.1. The first-order valence-corrected chi connectivity index (χ1v) is 14.4. The highest BCUT2D eigenvalue weighted by Crippen LogP contribution is 2.42. The van der Waals surface area contributed by atoms with Crippen molar-refractivity contribution in [2.24, 2.45) is 5.41 Å². The number of aryl methyl sites for hydroxylation is 3. The van der Waals surface area contributed by atoms with E-state index in [1.54, 1.807) is 0 Å². The van der Waals surface area contributed by atoms with Gasteiger partial charge >= 0.3 is 5.97 Å². The van der Waals surface area contributed by atoms with Gasteiger partial charge in [-0.3, -0.25) is 4.79 Å². The minimum atomic E-state index is -0.805. The van der Waals surface area contributed by atoms with E-state index in [1.807, 2.05) is 24.3 Å². The second kappa shape index (κ2) is 12.6. The molecule has 3 rings (SSSR count). The van der Waals surface area contributed by atoms with Crippen LogP contribution in [0.3, 0.4) is 0 Å².